The Hall–Kier alpha value is -2.77. The number of aryl methyl sites for hydroxylation is 1. The molecule has 0 bridgehead atoms. The summed E-state index contributed by atoms with van der Waals surface area (Å²) in [6, 6.07) is 6.14. The maximum Gasteiger partial charge on any atom is 0.228 e. The van der Waals surface area contributed by atoms with Crippen LogP contribution in [0.5, 0.6) is 0 Å². The van der Waals surface area contributed by atoms with Crippen LogP contribution in [0.4, 0.5) is 10.1 Å². The molecule has 0 spiro atoms. The minimum absolute atomic E-state index is 0.0842. The number of amides is 2. The van der Waals surface area contributed by atoms with Gasteiger partial charge >= 0.3 is 0 Å². The fraction of sp³-hybridized carbons (Fsp3) is 0.412. The van der Waals surface area contributed by atoms with E-state index >= 15 is 0 Å². The highest BCUT2D eigenvalue weighted by atomic mass is 19.1. The molecule has 2 aromatic rings. The van der Waals surface area contributed by atoms with Gasteiger partial charge in [-0.25, -0.2) is 4.39 Å². The van der Waals surface area contributed by atoms with Crippen LogP contribution in [0.3, 0.4) is 0 Å². The summed E-state index contributed by atoms with van der Waals surface area (Å²) in [5, 5.41) is 8.13. The van der Waals surface area contributed by atoms with Gasteiger partial charge in [-0.3, -0.25) is 9.59 Å². The SMILES string of the molecule is Cc1nnc2n1CCN(C(=O)C1CC(=O)N(c3ccccc3F)C1)C2. The van der Waals surface area contributed by atoms with Gasteiger partial charge in [0.1, 0.15) is 11.6 Å². The van der Waals surface area contributed by atoms with Crippen LogP contribution in [-0.4, -0.2) is 44.6 Å². The number of hydrogen-bond donors (Lipinski definition) is 0. The molecule has 1 aromatic heterocycles. The Morgan fingerprint density at radius 2 is 2.04 bits per heavy atom. The molecule has 1 unspecified atom stereocenters. The molecule has 2 aliphatic heterocycles. The summed E-state index contributed by atoms with van der Waals surface area (Å²) in [6.45, 7) is 3.70. The number of halogens is 1. The van der Waals surface area contributed by atoms with Crippen molar-refractivity contribution in [2.75, 3.05) is 18.0 Å². The first-order valence-electron chi connectivity index (χ1n) is 8.27. The molecule has 0 radical (unpaired) electrons. The fourth-order valence-corrected chi connectivity index (χ4v) is 3.53. The lowest BCUT2D eigenvalue weighted by Crippen LogP contribution is -2.42. The molecule has 8 heteroatoms. The zero-order valence-corrected chi connectivity index (χ0v) is 13.9. The van der Waals surface area contributed by atoms with E-state index < -0.39 is 11.7 Å². The van der Waals surface area contributed by atoms with E-state index in [0.29, 0.717) is 19.6 Å². The summed E-state index contributed by atoms with van der Waals surface area (Å²) >= 11 is 0. The van der Waals surface area contributed by atoms with Gasteiger partial charge in [0.2, 0.25) is 11.8 Å². The zero-order chi connectivity index (χ0) is 17.6. The highest BCUT2D eigenvalue weighted by Gasteiger charge is 2.39. The van der Waals surface area contributed by atoms with Crippen molar-refractivity contribution in [3.05, 3.63) is 41.7 Å². The molecule has 25 heavy (non-hydrogen) atoms. The van der Waals surface area contributed by atoms with Crippen molar-refractivity contribution in [1.29, 1.82) is 0 Å². The number of hydrogen-bond acceptors (Lipinski definition) is 4. The summed E-state index contributed by atoms with van der Waals surface area (Å²) in [4.78, 5) is 28.2. The van der Waals surface area contributed by atoms with E-state index in [4.69, 9.17) is 0 Å². The molecule has 2 aliphatic rings. The average Bonchev–Trinajstić information content (AvgIpc) is 3.18. The number of carbonyl (C=O) groups excluding carboxylic acids is 2. The van der Waals surface area contributed by atoms with Gasteiger partial charge in [0.05, 0.1) is 18.2 Å². The monoisotopic (exact) mass is 343 g/mol. The lowest BCUT2D eigenvalue weighted by Gasteiger charge is -2.29. The molecule has 7 nitrogen and oxygen atoms in total. The summed E-state index contributed by atoms with van der Waals surface area (Å²) in [5.74, 6) is 0.378. The Morgan fingerprint density at radius 1 is 1.24 bits per heavy atom. The van der Waals surface area contributed by atoms with Crippen molar-refractivity contribution in [2.45, 2.75) is 26.4 Å². The third-order valence-corrected chi connectivity index (χ3v) is 4.87. The Balaban J connectivity index is 1.49. The van der Waals surface area contributed by atoms with Gasteiger partial charge in [0, 0.05) is 26.1 Å². The third kappa shape index (κ3) is 2.67. The van der Waals surface area contributed by atoms with Crippen molar-refractivity contribution in [3.8, 4) is 0 Å². The predicted octanol–water partition coefficient (Wildman–Crippen LogP) is 1.12. The number of anilines is 1. The van der Waals surface area contributed by atoms with E-state index in [2.05, 4.69) is 10.2 Å². The molecule has 1 aromatic carbocycles. The summed E-state index contributed by atoms with van der Waals surface area (Å²) in [5.41, 5.74) is 0.233. The lowest BCUT2D eigenvalue weighted by molar-refractivity contribution is -0.137. The van der Waals surface area contributed by atoms with Gasteiger partial charge in [-0.2, -0.15) is 0 Å². The van der Waals surface area contributed by atoms with Gasteiger partial charge in [0.15, 0.2) is 5.82 Å². The predicted molar refractivity (Wildman–Crippen MR) is 87.0 cm³/mol. The van der Waals surface area contributed by atoms with Crippen LogP contribution >= 0.6 is 0 Å². The lowest BCUT2D eigenvalue weighted by atomic mass is 10.1. The maximum atomic E-state index is 14.0. The molecule has 2 amide bonds. The number of para-hydroxylation sites is 1. The molecule has 1 fully saturated rings. The Kier molecular flexibility index (Phi) is 3.74. The highest BCUT2D eigenvalue weighted by molar-refractivity contribution is 6.00. The first-order valence-corrected chi connectivity index (χ1v) is 8.27. The number of carbonyl (C=O) groups is 2. The van der Waals surface area contributed by atoms with Crippen LogP contribution in [-0.2, 0) is 22.7 Å². The number of benzene rings is 1. The second-order valence-corrected chi connectivity index (χ2v) is 6.43. The number of aromatic nitrogens is 3. The van der Waals surface area contributed by atoms with Crippen molar-refractivity contribution in [1.82, 2.24) is 19.7 Å². The normalized spacial score (nSPS) is 20.1. The molecule has 1 atom stereocenters. The zero-order valence-electron chi connectivity index (χ0n) is 13.9. The van der Waals surface area contributed by atoms with Crippen LogP contribution in [0.25, 0.3) is 0 Å². The Morgan fingerprint density at radius 3 is 2.84 bits per heavy atom. The largest absolute Gasteiger partial charge is 0.333 e. The maximum absolute atomic E-state index is 14.0. The number of rotatable bonds is 2. The van der Waals surface area contributed by atoms with Crippen LogP contribution in [0.2, 0.25) is 0 Å². The van der Waals surface area contributed by atoms with E-state index in [1.54, 1.807) is 23.1 Å². The summed E-state index contributed by atoms with van der Waals surface area (Å²) in [7, 11) is 0. The van der Waals surface area contributed by atoms with E-state index in [0.717, 1.165) is 11.6 Å². The van der Waals surface area contributed by atoms with Gasteiger partial charge in [-0.15, -0.1) is 10.2 Å². The van der Waals surface area contributed by atoms with Gasteiger partial charge in [-0.1, -0.05) is 12.1 Å². The molecule has 0 N–H and O–H groups in total. The molecule has 0 saturated carbocycles. The second kappa shape index (κ2) is 5.94. The molecule has 130 valence electrons. The second-order valence-electron chi connectivity index (χ2n) is 6.43. The third-order valence-electron chi connectivity index (χ3n) is 4.87. The van der Waals surface area contributed by atoms with Crippen molar-refractivity contribution in [2.24, 2.45) is 5.92 Å². The van der Waals surface area contributed by atoms with Crippen LogP contribution < -0.4 is 4.90 Å². The molecule has 0 aliphatic carbocycles. The molecule has 4 rings (SSSR count). The van der Waals surface area contributed by atoms with E-state index in [1.165, 1.54) is 11.0 Å². The topological polar surface area (TPSA) is 71.3 Å². The first-order chi connectivity index (χ1) is 12.0. The van der Waals surface area contributed by atoms with Gasteiger partial charge in [0.25, 0.3) is 0 Å². The van der Waals surface area contributed by atoms with Crippen LogP contribution in [0.15, 0.2) is 24.3 Å². The highest BCUT2D eigenvalue weighted by Crippen LogP contribution is 2.29. The van der Waals surface area contributed by atoms with Crippen LogP contribution in [0, 0.1) is 18.7 Å². The van der Waals surface area contributed by atoms with E-state index in [-0.39, 0.29) is 30.5 Å². The number of fused-ring (bicyclic) bond motifs is 1. The van der Waals surface area contributed by atoms with Gasteiger partial charge < -0.3 is 14.4 Å². The Bertz CT molecular complexity index is 849. The first kappa shape index (κ1) is 15.7. The van der Waals surface area contributed by atoms with Crippen molar-refractivity contribution < 1.29 is 14.0 Å². The van der Waals surface area contributed by atoms with Crippen LogP contribution in [0.1, 0.15) is 18.1 Å². The molecular formula is C17H18FN5O2. The standard InChI is InChI=1S/C17H18FN5O2/c1-11-19-20-15-10-21(6-7-22(11)15)17(25)12-8-16(24)23(9-12)14-5-3-2-4-13(14)18/h2-5,12H,6-10H2,1H3. The molecular weight excluding hydrogens is 325 g/mol. The smallest absolute Gasteiger partial charge is 0.228 e. The van der Waals surface area contributed by atoms with Crippen molar-refractivity contribution >= 4 is 17.5 Å². The molecule has 3 heterocycles. The van der Waals surface area contributed by atoms with Crippen molar-refractivity contribution in [3.63, 3.8) is 0 Å². The Labute approximate surface area is 144 Å². The summed E-state index contributed by atoms with van der Waals surface area (Å²) in [6.07, 6.45) is 0.107. The van der Waals surface area contributed by atoms with E-state index in [9.17, 15) is 14.0 Å². The number of nitrogens with zero attached hydrogens (tertiary/aromatic N) is 5. The molecule has 1 saturated heterocycles. The van der Waals surface area contributed by atoms with E-state index in [1.807, 2.05) is 11.5 Å². The quantitative estimate of drug-likeness (QED) is 0.819. The van der Waals surface area contributed by atoms with Gasteiger partial charge in [-0.05, 0) is 19.1 Å². The minimum Gasteiger partial charge on any atom is -0.333 e. The summed E-state index contributed by atoms with van der Waals surface area (Å²) < 4.78 is 16.0. The average molecular weight is 343 g/mol. The fourth-order valence-electron chi connectivity index (χ4n) is 3.53. The minimum atomic E-state index is -0.456.